The van der Waals surface area contributed by atoms with Crippen molar-refractivity contribution >= 4 is 35.1 Å². The third-order valence-corrected chi connectivity index (χ3v) is 7.51. The highest BCUT2D eigenvalue weighted by Crippen LogP contribution is 2.32. The summed E-state index contributed by atoms with van der Waals surface area (Å²) in [6.45, 7) is 2.33. The summed E-state index contributed by atoms with van der Waals surface area (Å²) in [5.41, 5.74) is 1.18. The first kappa shape index (κ1) is 30.8. The number of carbonyl (C=O) groups is 2. The fourth-order valence-corrected chi connectivity index (χ4v) is 5.05. The van der Waals surface area contributed by atoms with E-state index < -0.39 is 29.7 Å². The molecule has 1 fully saturated rings. The minimum atomic E-state index is -4.56. The number of rotatable bonds is 8. The number of anilines is 2. The molecule has 1 saturated heterocycles. The van der Waals surface area contributed by atoms with Crippen molar-refractivity contribution < 1.29 is 27.5 Å². The number of halogens is 4. The molecule has 0 saturated carbocycles. The van der Waals surface area contributed by atoms with Crippen molar-refractivity contribution in [3.8, 4) is 11.3 Å². The number of amides is 1. The van der Waals surface area contributed by atoms with E-state index in [2.05, 4.69) is 20.2 Å². The normalized spacial score (nSPS) is 14.2. The first-order valence-electron chi connectivity index (χ1n) is 13.9. The Morgan fingerprint density at radius 2 is 1.59 bits per heavy atom. The molecular formula is C32H29ClF3N5O3. The third kappa shape index (κ3) is 7.46. The number of benzene rings is 3. The molecule has 0 spiro atoms. The summed E-state index contributed by atoms with van der Waals surface area (Å²) in [6, 6.07) is 21.7. The molecule has 4 aromatic rings. The summed E-state index contributed by atoms with van der Waals surface area (Å²) in [6.07, 6.45) is -4.44. The van der Waals surface area contributed by atoms with Crippen molar-refractivity contribution in [2.75, 3.05) is 43.1 Å². The molecule has 0 unspecified atom stereocenters. The summed E-state index contributed by atoms with van der Waals surface area (Å²) in [5.74, 6) is -1.17. The SMILES string of the molecule is COC(=O)[C@@H](Cc1ccc(Cl)cc1)NC(=O)c1cc(-c2cccc(C(F)(F)F)c2)nc(N2CCN(c3ccccc3)CC2)n1. The van der Waals surface area contributed by atoms with Gasteiger partial charge in [-0.1, -0.05) is 54.1 Å². The Morgan fingerprint density at radius 3 is 2.25 bits per heavy atom. The predicted octanol–water partition coefficient (Wildman–Crippen LogP) is 5.66. The number of nitrogens with zero attached hydrogens (tertiary/aromatic N) is 4. The number of aromatic nitrogens is 2. The van der Waals surface area contributed by atoms with E-state index >= 15 is 0 Å². The average Bonchev–Trinajstić information content (AvgIpc) is 3.05. The van der Waals surface area contributed by atoms with Crippen LogP contribution in [0.25, 0.3) is 11.3 Å². The number of carbonyl (C=O) groups excluding carboxylic acids is 2. The van der Waals surface area contributed by atoms with Gasteiger partial charge >= 0.3 is 12.1 Å². The minimum absolute atomic E-state index is 0.0992. The second-order valence-corrected chi connectivity index (χ2v) is 10.6. The lowest BCUT2D eigenvalue weighted by Crippen LogP contribution is -2.47. The Labute approximate surface area is 257 Å². The first-order chi connectivity index (χ1) is 21.1. The highest BCUT2D eigenvalue weighted by Gasteiger charge is 2.31. The molecule has 0 bridgehead atoms. The third-order valence-electron chi connectivity index (χ3n) is 7.26. The number of alkyl halides is 3. The Hall–Kier alpha value is -4.64. The van der Waals surface area contributed by atoms with Crippen LogP contribution in [0.15, 0.2) is 84.9 Å². The van der Waals surface area contributed by atoms with Gasteiger partial charge in [0.05, 0.1) is 18.4 Å². The maximum atomic E-state index is 13.6. The largest absolute Gasteiger partial charge is 0.467 e. The van der Waals surface area contributed by atoms with Crippen LogP contribution in [0, 0.1) is 0 Å². The van der Waals surface area contributed by atoms with E-state index in [1.54, 1.807) is 24.3 Å². The molecule has 44 heavy (non-hydrogen) atoms. The quantitative estimate of drug-likeness (QED) is 0.254. The van der Waals surface area contributed by atoms with Gasteiger partial charge in [0, 0.05) is 48.9 Å². The highest BCUT2D eigenvalue weighted by molar-refractivity contribution is 6.30. The van der Waals surface area contributed by atoms with Crippen molar-refractivity contribution in [1.29, 1.82) is 0 Å². The van der Waals surface area contributed by atoms with Gasteiger partial charge < -0.3 is 19.9 Å². The van der Waals surface area contributed by atoms with Crippen LogP contribution in [0.2, 0.25) is 5.02 Å². The second kappa shape index (κ2) is 13.3. The molecule has 1 atom stereocenters. The molecule has 0 aliphatic carbocycles. The van der Waals surface area contributed by atoms with Gasteiger partial charge in [0.1, 0.15) is 11.7 Å². The molecule has 8 nitrogen and oxygen atoms in total. The van der Waals surface area contributed by atoms with E-state index in [0.717, 1.165) is 23.4 Å². The molecule has 1 amide bonds. The lowest BCUT2D eigenvalue weighted by Gasteiger charge is -2.36. The fourth-order valence-electron chi connectivity index (χ4n) is 4.92. The highest BCUT2D eigenvalue weighted by atomic mass is 35.5. The Bertz CT molecular complexity index is 1610. The molecule has 12 heteroatoms. The Balaban J connectivity index is 1.45. The molecule has 1 N–H and O–H groups in total. The molecule has 1 aliphatic heterocycles. The van der Waals surface area contributed by atoms with Crippen LogP contribution in [0.4, 0.5) is 24.8 Å². The minimum Gasteiger partial charge on any atom is -0.467 e. The van der Waals surface area contributed by atoms with Gasteiger partial charge in [0.15, 0.2) is 0 Å². The maximum Gasteiger partial charge on any atom is 0.416 e. The Morgan fingerprint density at radius 1 is 0.909 bits per heavy atom. The zero-order valence-electron chi connectivity index (χ0n) is 23.7. The van der Waals surface area contributed by atoms with Crippen molar-refractivity contribution in [2.24, 2.45) is 0 Å². The van der Waals surface area contributed by atoms with Crippen molar-refractivity contribution in [3.05, 3.63) is 107 Å². The van der Waals surface area contributed by atoms with Crippen LogP contribution >= 0.6 is 11.6 Å². The van der Waals surface area contributed by atoms with Gasteiger partial charge in [-0.15, -0.1) is 0 Å². The molecular weight excluding hydrogens is 595 g/mol. The van der Waals surface area contributed by atoms with Crippen LogP contribution in [0.5, 0.6) is 0 Å². The van der Waals surface area contributed by atoms with E-state index in [4.69, 9.17) is 16.3 Å². The smallest absolute Gasteiger partial charge is 0.416 e. The molecule has 3 aromatic carbocycles. The van der Waals surface area contributed by atoms with Crippen LogP contribution < -0.4 is 15.1 Å². The van der Waals surface area contributed by atoms with Gasteiger partial charge in [-0.05, 0) is 48.0 Å². The van der Waals surface area contributed by atoms with E-state index in [0.29, 0.717) is 31.2 Å². The van der Waals surface area contributed by atoms with Gasteiger partial charge in [-0.3, -0.25) is 4.79 Å². The van der Waals surface area contributed by atoms with Crippen LogP contribution in [0.3, 0.4) is 0 Å². The standard InChI is InChI=1S/C32H29ClF3N5O3/c1-44-30(43)28(18-21-10-12-24(33)13-11-21)37-29(42)27-20-26(22-6-5-7-23(19-22)32(34,35)36)38-31(39-27)41-16-14-40(15-17-41)25-8-3-2-4-9-25/h2-13,19-20,28H,14-18H2,1H3,(H,37,42)/t28-/m1/s1. The van der Waals surface area contributed by atoms with Gasteiger partial charge in [0.2, 0.25) is 5.95 Å². The van der Waals surface area contributed by atoms with E-state index in [-0.39, 0.29) is 29.3 Å². The van der Waals surface area contributed by atoms with Crippen LogP contribution in [-0.4, -0.2) is 61.2 Å². The molecule has 228 valence electrons. The zero-order valence-corrected chi connectivity index (χ0v) is 24.5. The molecule has 0 radical (unpaired) electrons. The molecule has 1 aromatic heterocycles. The van der Waals surface area contributed by atoms with Gasteiger partial charge in [-0.2, -0.15) is 13.2 Å². The lowest BCUT2D eigenvalue weighted by atomic mass is 10.1. The Kier molecular flexibility index (Phi) is 9.34. The number of esters is 1. The molecule has 1 aliphatic rings. The monoisotopic (exact) mass is 623 g/mol. The summed E-state index contributed by atoms with van der Waals surface area (Å²) in [7, 11) is 1.22. The summed E-state index contributed by atoms with van der Waals surface area (Å²) in [5, 5.41) is 3.20. The topological polar surface area (TPSA) is 87.7 Å². The average molecular weight is 624 g/mol. The van der Waals surface area contributed by atoms with E-state index in [9.17, 15) is 22.8 Å². The number of piperazine rings is 1. The number of para-hydroxylation sites is 1. The lowest BCUT2D eigenvalue weighted by molar-refractivity contribution is -0.143. The summed E-state index contributed by atoms with van der Waals surface area (Å²) >= 11 is 5.98. The van der Waals surface area contributed by atoms with Gasteiger partial charge in [0.25, 0.3) is 5.91 Å². The van der Waals surface area contributed by atoms with Gasteiger partial charge in [-0.25, -0.2) is 14.8 Å². The summed E-state index contributed by atoms with van der Waals surface area (Å²) < 4.78 is 45.5. The number of hydrogen-bond acceptors (Lipinski definition) is 7. The molecule has 2 heterocycles. The fraction of sp³-hybridized carbons (Fsp3) is 0.250. The number of ether oxygens (including phenoxy) is 1. The van der Waals surface area contributed by atoms with E-state index in [1.807, 2.05) is 35.2 Å². The molecule has 5 rings (SSSR count). The maximum absolute atomic E-state index is 13.6. The van der Waals surface area contributed by atoms with E-state index in [1.165, 1.54) is 25.3 Å². The van der Waals surface area contributed by atoms with Crippen LogP contribution in [0.1, 0.15) is 21.6 Å². The number of nitrogens with one attached hydrogen (secondary N) is 1. The first-order valence-corrected chi connectivity index (χ1v) is 14.2. The van der Waals surface area contributed by atoms with Crippen molar-refractivity contribution in [1.82, 2.24) is 15.3 Å². The predicted molar refractivity (Wildman–Crippen MR) is 162 cm³/mol. The van der Waals surface area contributed by atoms with Crippen molar-refractivity contribution in [3.63, 3.8) is 0 Å². The van der Waals surface area contributed by atoms with Crippen LogP contribution in [-0.2, 0) is 22.1 Å². The zero-order chi connectivity index (χ0) is 31.3. The summed E-state index contributed by atoms with van der Waals surface area (Å²) in [4.78, 5) is 39.4. The second-order valence-electron chi connectivity index (χ2n) is 10.2. The number of methoxy groups -OCH3 is 1. The van der Waals surface area contributed by atoms with Crippen molar-refractivity contribution in [2.45, 2.75) is 18.6 Å². The number of hydrogen-bond donors (Lipinski definition) is 1.